The molecule has 0 bridgehead atoms. The molecule has 0 radical (unpaired) electrons. The Labute approximate surface area is 151 Å². The van der Waals surface area contributed by atoms with Crippen LogP contribution in [-0.2, 0) is 4.79 Å². The van der Waals surface area contributed by atoms with Crippen LogP contribution in [0.5, 0.6) is 0 Å². The largest absolute Gasteiger partial charge is 0.326 e. The number of carbonyl (C=O) groups is 1. The Hall–Kier alpha value is -2.40. The van der Waals surface area contributed by atoms with Crippen molar-refractivity contribution >= 4 is 17.7 Å². The summed E-state index contributed by atoms with van der Waals surface area (Å²) in [6.45, 7) is 0. The van der Waals surface area contributed by atoms with E-state index >= 15 is 0 Å². The molecule has 1 saturated carbocycles. The number of thioether (sulfide) groups is 1. The fourth-order valence-corrected chi connectivity index (χ4v) is 3.93. The lowest BCUT2D eigenvalue weighted by Crippen LogP contribution is -2.50. The maximum absolute atomic E-state index is 12.6. The van der Waals surface area contributed by atoms with Crippen LogP contribution in [0.2, 0.25) is 0 Å². The number of tetrazole rings is 1. The van der Waals surface area contributed by atoms with Gasteiger partial charge in [-0.05, 0) is 35.4 Å². The number of benzene rings is 1. The average molecular weight is 356 g/mol. The van der Waals surface area contributed by atoms with Crippen LogP contribution in [-0.4, -0.2) is 49.4 Å². The first-order valence-corrected chi connectivity index (χ1v) is 9.29. The summed E-state index contributed by atoms with van der Waals surface area (Å²) in [6, 6.07) is 11.9. The van der Waals surface area contributed by atoms with Gasteiger partial charge in [-0.15, -0.1) is 5.10 Å². The van der Waals surface area contributed by atoms with E-state index in [9.17, 15) is 10.1 Å². The first kappa shape index (κ1) is 17.4. The lowest BCUT2D eigenvalue weighted by atomic mass is 9.81. The molecule has 25 heavy (non-hydrogen) atoms. The third kappa shape index (κ3) is 3.66. The quantitative estimate of drug-likeness (QED) is 0.765. The predicted octanol–water partition coefficient (Wildman–Crippen LogP) is 2.44. The molecule has 1 aromatic heterocycles. The van der Waals surface area contributed by atoms with E-state index in [2.05, 4.69) is 21.6 Å². The summed E-state index contributed by atoms with van der Waals surface area (Å²) in [4.78, 5) is 14.2. The Balaban J connectivity index is 1.67. The maximum Gasteiger partial charge on any atom is 0.234 e. The minimum Gasteiger partial charge on any atom is -0.326 e. The fourth-order valence-electron chi connectivity index (χ4n) is 3.12. The molecule has 130 valence electrons. The van der Waals surface area contributed by atoms with Crippen molar-refractivity contribution in [3.05, 3.63) is 30.3 Å². The summed E-state index contributed by atoms with van der Waals surface area (Å²) in [5.74, 6) is 0.128. The maximum atomic E-state index is 12.6. The average Bonchev–Trinajstić information content (AvgIpc) is 3.15. The molecule has 0 saturated heterocycles. The Kier molecular flexibility index (Phi) is 5.34. The van der Waals surface area contributed by atoms with Crippen LogP contribution >= 0.6 is 11.8 Å². The van der Waals surface area contributed by atoms with E-state index in [0.29, 0.717) is 5.16 Å². The van der Waals surface area contributed by atoms with Crippen molar-refractivity contribution < 1.29 is 4.79 Å². The SMILES string of the molecule is CN(C(=O)CSc1nnnn1-c1ccccc1)C1(C#N)CCCCC1. The molecule has 7 nitrogen and oxygen atoms in total. The van der Waals surface area contributed by atoms with Crippen molar-refractivity contribution in [3.8, 4) is 11.8 Å². The summed E-state index contributed by atoms with van der Waals surface area (Å²) in [7, 11) is 1.73. The molecule has 0 aliphatic heterocycles. The summed E-state index contributed by atoms with van der Waals surface area (Å²) < 4.78 is 1.61. The fraction of sp³-hybridized carbons (Fsp3) is 0.471. The van der Waals surface area contributed by atoms with Gasteiger partial charge in [-0.2, -0.15) is 9.94 Å². The van der Waals surface area contributed by atoms with Gasteiger partial charge < -0.3 is 4.90 Å². The van der Waals surface area contributed by atoms with Gasteiger partial charge in [-0.3, -0.25) is 4.79 Å². The molecule has 1 amide bonds. The molecule has 2 aromatic rings. The molecule has 1 aliphatic rings. The highest BCUT2D eigenvalue weighted by Crippen LogP contribution is 2.33. The minimum atomic E-state index is -0.665. The number of rotatable bonds is 5. The molecule has 0 atom stereocenters. The number of para-hydroxylation sites is 1. The zero-order valence-corrected chi connectivity index (χ0v) is 14.9. The number of hydrogen-bond donors (Lipinski definition) is 0. The molecule has 1 aliphatic carbocycles. The smallest absolute Gasteiger partial charge is 0.234 e. The highest BCUT2D eigenvalue weighted by molar-refractivity contribution is 7.99. The number of hydrogen-bond acceptors (Lipinski definition) is 6. The van der Waals surface area contributed by atoms with Crippen LogP contribution < -0.4 is 0 Å². The van der Waals surface area contributed by atoms with E-state index in [-0.39, 0.29) is 11.7 Å². The molecule has 1 heterocycles. The number of nitrogens with zero attached hydrogens (tertiary/aromatic N) is 6. The normalized spacial score (nSPS) is 16.2. The van der Waals surface area contributed by atoms with E-state index in [4.69, 9.17) is 0 Å². The zero-order chi connectivity index (χ0) is 17.7. The van der Waals surface area contributed by atoms with E-state index in [0.717, 1.165) is 37.8 Å². The third-order valence-corrected chi connectivity index (χ3v) is 5.58. The number of nitriles is 1. The van der Waals surface area contributed by atoms with Crippen LogP contribution in [0.1, 0.15) is 32.1 Å². The lowest BCUT2D eigenvalue weighted by Gasteiger charge is -2.39. The van der Waals surface area contributed by atoms with Gasteiger partial charge in [0, 0.05) is 7.05 Å². The second-order valence-electron chi connectivity index (χ2n) is 6.15. The van der Waals surface area contributed by atoms with Gasteiger partial charge in [0.1, 0.15) is 5.54 Å². The summed E-state index contributed by atoms with van der Waals surface area (Å²) in [5.41, 5.74) is 0.179. The third-order valence-electron chi connectivity index (χ3n) is 4.67. The molecular weight excluding hydrogens is 336 g/mol. The lowest BCUT2D eigenvalue weighted by molar-refractivity contribution is -0.131. The monoisotopic (exact) mass is 356 g/mol. The molecular formula is C17H20N6OS. The highest BCUT2D eigenvalue weighted by Gasteiger charge is 2.38. The minimum absolute atomic E-state index is 0.0731. The standard InChI is InChI=1S/C17H20N6OS/c1-22(17(13-18)10-6-3-7-11-17)15(24)12-25-16-19-20-21-23(16)14-8-4-2-5-9-14/h2,4-5,8-9H,3,6-7,10-12H2,1H3. The molecule has 3 rings (SSSR count). The predicted molar refractivity (Wildman–Crippen MR) is 94.1 cm³/mol. The summed E-state index contributed by atoms with van der Waals surface area (Å²) in [5, 5.41) is 21.9. The molecule has 0 spiro atoms. The molecule has 0 unspecified atom stereocenters. The molecule has 0 N–H and O–H groups in total. The van der Waals surface area contributed by atoms with Gasteiger partial charge >= 0.3 is 0 Å². The number of amides is 1. The molecule has 8 heteroatoms. The van der Waals surface area contributed by atoms with Crippen molar-refractivity contribution in [1.82, 2.24) is 25.1 Å². The first-order valence-electron chi connectivity index (χ1n) is 8.31. The van der Waals surface area contributed by atoms with Crippen molar-refractivity contribution in [1.29, 1.82) is 5.26 Å². The van der Waals surface area contributed by atoms with E-state index < -0.39 is 5.54 Å². The molecule has 1 aromatic carbocycles. The number of carbonyl (C=O) groups excluding carboxylic acids is 1. The van der Waals surface area contributed by atoms with Gasteiger partial charge in [0.15, 0.2) is 0 Å². The van der Waals surface area contributed by atoms with Crippen LogP contribution in [0.25, 0.3) is 5.69 Å². The zero-order valence-electron chi connectivity index (χ0n) is 14.1. The second kappa shape index (κ2) is 7.66. The Morgan fingerprint density at radius 3 is 2.72 bits per heavy atom. The summed E-state index contributed by atoms with van der Waals surface area (Å²) >= 11 is 1.28. The van der Waals surface area contributed by atoms with E-state index in [1.54, 1.807) is 16.6 Å². The second-order valence-corrected chi connectivity index (χ2v) is 7.10. The summed E-state index contributed by atoms with van der Waals surface area (Å²) in [6.07, 6.45) is 4.61. The van der Waals surface area contributed by atoms with Crippen LogP contribution in [0, 0.1) is 11.3 Å². The Morgan fingerprint density at radius 1 is 1.32 bits per heavy atom. The van der Waals surface area contributed by atoms with E-state index in [1.807, 2.05) is 30.3 Å². The van der Waals surface area contributed by atoms with Crippen molar-refractivity contribution in [2.45, 2.75) is 42.8 Å². The topological polar surface area (TPSA) is 87.7 Å². The van der Waals surface area contributed by atoms with Crippen molar-refractivity contribution in [2.24, 2.45) is 0 Å². The highest BCUT2D eigenvalue weighted by atomic mass is 32.2. The van der Waals surface area contributed by atoms with Crippen LogP contribution in [0.4, 0.5) is 0 Å². The van der Waals surface area contributed by atoms with Crippen LogP contribution in [0.3, 0.4) is 0 Å². The van der Waals surface area contributed by atoms with Crippen LogP contribution in [0.15, 0.2) is 35.5 Å². The van der Waals surface area contributed by atoms with Gasteiger partial charge in [-0.1, -0.05) is 49.2 Å². The van der Waals surface area contributed by atoms with Crippen molar-refractivity contribution in [2.75, 3.05) is 12.8 Å². The van der Waals surface area contributed by atoms with Crippen molar-refractivity contribution in [3.63, 3.8) is 0 Å². The van der Waals surface area contributed by atoms with Gasteiger partial charge in [0.05, 0.1) is 17.5 Å². The van der Waals surface area contributed by atoms with Gasteiger partial charge in [0.25, 0.3) is 0 Å². The Bertz CT molecular complexity index is 763. The van der Waals surface area contributed by atoms with Gasteiger partial charge in [0.2, 0.25) is 11.1 Å². The number of aromatic nitrogens is 4. The molecule has 1 fully saturated rings. The Morgan fingerprint density at radius 2 is 2.04 bits per heavy atom. The van der Waals surface area contributed by atoms with E-state index in [1.165, 1.54) is 11.8 Å². The first-order chi connectivity index (χ1) is 12.2. The van der Waals surface area contributed by atoms with Gasteiger partial charge in [-0.25, -0.2) is 0 Å².